The zero-order chi connectivity index (χ0) is 18.2. The third-order valence-corrected chi connectivity index (χ3v) is 3.86. The molecule has 0 aromatic heterocycles. The minimum atomic E-state index is -0.405. The highest BCUT2D eigenvalue weighted by atomic mass is 16.5. The molecule has 0 saturated carbocycles. The highest BCUT2D eigenvalue weighted by molar-refractivity contribution is 5.95. The van der Waals surface area contributed by atoms with Crippen LogP contribution in [-0.2, 0) is 9.53 Å². The third-order valence-electron chi connectivity index (χ3n) is 3.86. The molecule has 0 aliphatic heterocycles. The molecule has 25 heavy (non-hydrogen) atoms. The van der Waals surface area contributed by atoms with Crippen molar-refractivity contribution >= 4 is 23.3 Å². The number of carbonyl (C=O) groups is 2. The Balaban J connectivity index is 1.86. The van der Waals surface area contributed by atoms with Crippen LogP contribution in [0.2, 0.25) is 0 Å². The summed E-state index contributed by atoms with van der Waals surface area (Å²) in [6.45, 7) is 4.68. The van der Waals surface area contributed by atoms with Gasteiger partial charge < -0.3 is 15.4 Å². The molecule has 2 aromatic carbocycles. The molecule has 0 unspecified atom stereocenters. The predicted octanol–water partition coefficient (Wildman–Crippen LogP) is 4.04. The van der Waals surface area contributed by atoms with Crippen LogP contribution in [0.5, 0.6) is 0 Å². The van der Waals surface area contributed by atoms with E-state index in [-0.39, 0.29) is 5.91 Å². The summed E-state index contributed by atoms with van der Waals surface area (Å²) < 4.78 is 4.75. The number of hydrogen-bond donors (Lipinski definition) is 2. The summed E-state index contributed by atoms with van der Waals surface area (Å²) in [5, 5.41) is 5.98. The molecular weight excluding hydrogens is 316 g/mol. The summed E-state index contributed by atoms with van der Waals surface area (Å²) >= 11 is 0. The van der Waals surface area contributed by atoms with Crippen molar-refractivity contribution in [1.82, 2.24) is 0 Å². The van der Waals surface area contributed by atoms with E-state index in [1.807, 2.05) is 30.3 Å². The Morgan fingerprint density at radius 2 is 1.72 bits per heavy atom. The molecule has 0 aliphatic carbocycles. The van der Waals surface area contributed by atoms with E-state index in [1.165, 1.54) is 12.7 Å². The van der Waals surface area contributed by atoms with Gasteiger partial charge in [-0.3, -0.25) is 4.79 Å². The first-order chi connectivity index (χ1) is 12.0. The molecule has 0 heterocycles. The minimum absolute atomic E-state index is 0.0830. The molecular formula is C20H24N2O3. The fraction of sp³-hybridized carbons (Fsp3) is 0.300. The lowest BCUT2D eigenvalue weighted by Crippen LogP contribution is -2.17. The monoisotopic (exact) mass is 340 g/mol. The maximum Gasteiger partial charge on any atom is 0.339 e. The number of anilines is 2. The van der Waals surface area contributed by atoms with Gasteiger partial charge in [0.05, 0.1) is 12.7 Å². The Bertz CT molecular complexity index is 724. The van der Waals surface area contributed by atoms with Crippen LogP contribution in [0.3, 0.4) is 0 Å². The van der Waals surface area contributed by atoms with Crippen molar-refractivity contribution in [2.24, 2.45) is 0 Å². The Kier molecular flexibility index (Phi) is 6.57. The highest BCUT2D eigenvalue weighted by Gasteiger charge is 2.11. The second-order valence-corrected chi connectivity index (χ2v) is 6.04. The zero-order valence-electron chi connectivity index (χ0n) is 14.8. The summed E-state index contributed by atoms with van der Waals surface area (Å²) in [4.78, 5) is 23.8. The summed E-state index contributed by atoms with van der Waals surface area (Å²) in [6, 6.07) is 14.9. The van der Waals surface area contributed by atoms with E-state index in [1.54, 1.807) is 18.2 Å². The van der Waals surface area contributed by atoms with E-state index in [0.29, 0.717) is 30.1 Å². The average molecular weight is 340 g/mol. The molecule has 132 valence electrons. The molecule has 0 bridgehead atoms. The number of esters is 1. The Hall–Kier alpha value is -2.82. The smallest absolute Gasteiger partial charge is 0.339 e. The third kappa shape index (κ3) is 5.35. The lowest BCUT2D eigenvalue weighted by Gasteiger charge is -2.11. The number of rotatable bonds is 7. The topological polar surface area (TPSA) is 67.4 Å². The normalized spacial score (nSPS) is 10.4. The molecule has 0 saturated heterocycles. The molecule has 0 atom stereocenters. The van der Waals surface area contributed by atoms with Gasteiger partial charge in [0.25, 0.3) is 0 Å². The summed E-state index contributed by atoms with van der Waals surface area (Å²) in [5.74, 6) is -0.0260. The number of amides is 1. The van der Waals surface area contributed by atoms with Gasteiger partial charge in [-0.05, 0) is 35.7 Å². The van der Waals surface area contributed by atoms with Crippen LogP contribution in [0, 0.1) is 0 Å². The van der Waals surface area contributed by atoms with Crippen molar-refractivity contribution in [2.75, 3.05) is 24.3 Å². The van der Waals surface area contributed by atoms with Gasteiger partial charge in [0.2, 0.25) is 5.91 Å². The van der Waals surface area contributed by atoms with Gasteiger partial charge in [-0.25, -0.2) is 4.79 Å². The second-order valence-electron chi connectivity index (χ2n) is 6.04. The van der Waals surface area contributed by atoms with Crippen LogP contribution in [0.25, 0.3) is 0 Å². The molecule has 0 aliphatic rings. The number of nitrogens with one attached hydrogen (secondary N) is 2. The number of carbonyl (C=O) groups excluding carboxylic acids is 2. The van der Waals surface area contributed by atoms with Crippen molar-refractivity contribution in [3.8, 4) is 0 Å². The van der Waals surface area contributed by atoms with E-state index in [2.05, 4.69) is 24.5 Å². The molecule has 2 aromatic rings. The molecule has 5 heteroatoms. The quantitative estimate of drug-likeness (QED) is 0.747. The molecule has 2 N–H and O–H groups in total. The van der Waals surface area contributed by atoms with Crippen molar-refractivity contribution in [2.45, 2.75) is 26.2 Å². The minimum Gasteiger partial charge on any atom is -0.465 e. The average Bonchev–Trinajstić information content (AvgIpc) is 2.62. The second kappa shape index (κ2) is 8.87. The van der Waals surface area contributed by atoms with Gasteiger partial charge >= 0.3 is 5.97 Å². The number of ether oxygens (including phenoxy) is 1. The van der Waals surface area contributed by atoms with Crippen molar-refractivity contribution < 1.29 is 14.3 Å². The van der Waals surface area contributed by atoms with Crippen LogP contribution in [0.4, 0.5) is 11.4 Å². The lowest BCUT2D eigenvalue weighted by molar-refractivity contribution is -0.115. The van der Waals surface area contributed by atoms with Crippen molar-refractivity contribution in [1.29, 1.82) is 0 Å². The molecule has 0 radical (unpaired) electrons. The largest absolute Gasteiger partial charge is 0.465 e. The van der Waals surface area contributed by atoms with Gasteiger partial charge in [-0.2, -0.15) is 0 Å². The van der Waals surface area contributed by atoms with Gasteiger partial charge in [-0.15, -0.1) is 0 Å². The van der Waals surface area contributed by atoms with Crippen molar-refractivity contribution in [3.63, 3.8) is 0 Å². The molecule has 2 rings (SSSR count). The first kappa shape index (κ1) is 18.5. The van der Waals surface area contributed by atoms with E-state index in [9.17, 15) is 9.59 Å². The standard InChI is InChI=1S/C20H24N2O3/c1-14(2)15-8-10-16(11-9-15)22-19(23)12-13-21-18-7-5-4-6-17(18)20(24)25-3/h4-11,14,21H,12-13H2,1-3H3,(H,22,23). The molecule has 0 fully saturated rings. The van der Waals surface area contributed by atoms with E-state index < -0.39 is 5.97 Å². The first-order valence-corrected chi connectivity index (χ1v) is 8.32. The number of para-hydroxylation sites is 1. The fourth-order valence-corrected chi connectivity index (χ4v) is 2.41. The van der Waals surface area contributed by atoms with Crippen LogP contribution in [0.1, 0.15) is 42.1 Å². The molecule has 5 nitrogen and oxygen atoms in total. The van der Waals surface area contributed by atoms with E-state index in [0.717, 1.165) is 5.69 Å². The van der Waals surface area contributed by atoms with Crippen LogP contribution in [-0.4, -0.2) is 25.5 Å². The van der Waals surface area contributed by atoms with Crippen LogP contribution < -0.4 is 10.6 Å². The van der Waals surface area contributed by atoms with Gasteiger partial charge in [0, 0.05) is 24.3 Å². The van der Waals surface area contributed by atoms with Crippen LogP contribution in [0.15, 0.2) is 48.5 Å². The van der Waals surface area contributed by atoms with Gasteiger partial charge in [-0.1, -0.05) is 38.1 Å². The predicted molar refractivity (Wildman–Crippen MR) is 100 cm³/mol. The number of methoxy groups -OCH3 is 1. The zero-order valence-corrected chi connectivity index (χ0v) is 14.8. The SMILES string of the molecule is COC(=O)c1ccccc1NCCC(=O)Nc1ccc(C(C)C)cc1. The Morgan fingerprint density at radius 1 is 1.04 bits per heavy atom. The molecule has 1 amide bonds. The lowest BCUT2D eigenvalue weighted by atomic mass is 10.0. The van der Waals surface area contributed by atoms with Crippen molar-refractivity contribution in [3.05, 3.63) is 59.7 Å². The van der Waals surface area contributed by atoms with Gasteiger partial charge in [0.15, 0.2) is 0 Å². The van der Waals surface area contributed by atoms with Gasteiger partial charge in [0.1, 0.15) is 0 Å². The van der Waals surface area contributed by atoms with Crippen LogP contribution >= 0.6 is 0 Å². The summed E-state index contributed by atoms with van der Waals surface area (Å²) in [7, 11) is 1.34. The first-order valence-electron chi connectivity index (χ1n) is 8.32. The number of benzene rings is 2. The summed E-state index contributed by atoms with van der Waals surface area (Å²) in [6.07, 6.45) is 0.293. The summed E-state index contributed by atoms with van der Waals surface area (Å²) in [5.41, 5.74) is 3.13. The molecule has 0 spiro atoms. The van der Waals surface area contributed by atoms with E-state index >= 15 is 0 Å². The fourth-order valence-electron chi connectivity index (χ4n) is 2.41. The van der Waals surface area contributed by atoms with E-state index in [4.69, 9.17) is 4.74 Å². The maximum atomic E-state index is 12.1. The Labute approximate surface area is 148 Å². The highest BCUT2D eigenvalue weighted by Crippen LogP contribution is 2.18. The Morgan fingerprint density at radius 3 is 2.36 bits per heavy atom. The maximum absolute atomic E-state index is 12.1. The number of hydrogen-bond acceptors (Lipinski definition) is 4.